The van der Waals surface area contributed by atoms with E-state index in [0.29, 0.717) is 17.7 Å². The Hall–Kier alpha value is -2.04. The van der Waals surface area contributed by atoms with Gasteiger partial charge in [0.25, 0.3) is 0 Å². The highest BCUT2D eigenvalue weighted by Gasteiger charge is 2.31. The fourth-order valence-electron chi connectivity index (χ4n) is 2.09. The topological polar surface area (TPSA) is 72.8 Å². The van der Waals surface area contributed by atoms with Crippen LogP contribution in [0.15, 0.2) is 12.1 Å². The number of hydrogen-bond donors (Lipinski definition) is 1. The number of ether oxygens (including phenoxy) is 2. The number of carbonyl (C=O) groups is 2. The van der Waals surface area contributed by atoms with Gasteiger partial charge in [-0.25, -0.2) is 4.79 Å². The molecule has 2 rings (SSSR count). The Kier molecular flexibility index (Phi) is 3.22. The van der Waals surface area contributed by atoms with E-state index >= 15 is 0 Å². The van der Waals surface area contributed by atoms with Crippen LogP contribution in [-0.2, 0) is 22.6 Å². The van der Waals surface area contributed by atoms with E-state index in [0.717, 1.165) is 11.1 Å². The zero-order valence-electron chi connectivity index (χ0n) is 11.1. The Morgan fingerprint density at radius 1 is 1.47 bits per heavy atom. The minimum atomic E-state index is -0.898. The number of aliphatic carboxylic acids is 1. The summed E-state index contributed by atoms with van der Waals surface area (Å²) in [6.45, 7) is 3.55. The number of rotatable bonds is 4. The first kappa shape index (κ1) is 13.4. The second-order valence-electron chi connectivity index (χ2n) is 5.26. The molecule has 0 amide bonds. The van der Waals surface area contributed by atoms with Gasteiger partial charge in [0.2, 0.25) is 0 Å². The lowest BCUT2D eigenvalue weighted by Gasteiger charge is -2.21. The predicted molar refractivity (Wildman–Crippen MR) is 67.2 cm³/mol. The molecule has 0 spiro atoms. The lowest BCUT2D eigenvalue weighted by atomic mass is 9.85. The van der Waals surface area contributed by atoms with E-state index in [9.17, 15) is 14.7 Å². The van der Waals surface area contributed by atoms with Crippen LogP contribution in [0.5, 0.6) is 5.75 Å². The molecule has 1 N–H and O–H groups in total. The average Bonchev–Trinajstić information content (AvgIpc) is 2.69. The van der Waals surface area contributed by atoms with Gasteiger partial charge in [-0.15, -0.1) is 0 Å². The third kappa shape index (κ3) is 2.41. The van der Waals surface area contributed by atoms with Crippen LogP contribution in [0.2, 0.25) is 0 Å². The van der Waals surface area contributed by atoms with Gasteiger partial charge < -0.3 is 14.6 Å². The van der Waals surface area contributed by atoms with Gasteiger partial charge >= 0.3 is 11.9 Å². The quantitative estimate of drug-likeness (QED) is 0.842. The maximum Gasteiger partial charge on any atom is 0.339 e. The molecule has 0 radical (unpaired) electrons. The van der Waals surface area contributed by atoms with Crippen LogP contribution in [0.1, 0.15) is 35.3 Å². The van der Waals surface area contributed by atoms with Crippen molar-refractivity contribution in [2.45, 2.75) is 26.9 Å². The molecule has 19 heavy (non-hydrogen) atoms. The smallest absolute Gasteiger partial charge is 0.339 e. The monoisotopic (exact) mass is 264 g/mol. The Morgan fingerprint density at radius 2 is 2.16 bits per heavy atom. The van der Waals surface area contributed by atoms with Gasteiger partial charge in [0, 0.05) is 5.56 Å². The van der Waals surface area contributed by atoms with Gasteiger partial charge in [0.15, 0.2) is 0 Å². The Balaban J connectivity index is 2.41. The molecule has 0 unspecified atom stereocenters. The number of hydrogen-bond acceptors (Lipinski definition) is 4. The fraction of sp³-hybridized carbons (Fsp3) is 0.429. The summed E-state index contributed by atoms with van der Waals surface area (Å²) in [6.07, 6.45) is 0.326. The molecule has 0 saturated heterocycles. The summed E-state index contributed by atoms with van der Waals surface area (Å²) < 4.78 is 10.2. The van der Waals surface area contributed by atoms with E-state index in [4.69, 9.17) is 9.47 Å². The summed E-state index contributed by atoms with van der Waals surface area (Å²) in [4.78, 5) is 22.7. The van der Waals surface area contributed by atoms with Crippen LogP contribution in [0.3, 0.4) is 0 Å². The van der Waals surface area contributed by atoms with Crippen molar-refractivity contribution in [3.05, 3.63) is 28.8 Å². The zero-order chi connectivity index (χ0) is 14.2. The van der Waals surface area contributed by atoms with Crippen LogP contribution in [-0.4, -0.2) is 24.2 Å². The number of cyclic esters (lactones) is 1. The molecular weight excluding hydrogens is 248 g/mol. The van der Waals surface area contributed by atoms with Crippen LogP contribution in [0.25, 0.3) is 0 Å². The van der Waals surface area contributed by atoms with Gasteiger partial charge in [-0.1, -0.05) is 0 Å². The van der Waals surface area contributed by atoms with Crippen molar-refractivity contribution in [1.29, 1.82) is 0 Å². The van der Waals surface area contributed by atoms with Crippen LogP contribution < -0.4 is 4.74 Å². The van der Waals surface area contributed by atoms with Crippen LogP contribution in [0, 0.1) is 5.41 Å². The summed E-state index contributed by atoms with van der Waals surface area (Å²) in [5.41, 5.74) is 1.15. The molecular formula is C14H16O5. The number of fused-ring (bicyclic) bond motifs is 1. The van der Waals surface area contributed by atoms with Crippen LogP contribution in [0.4, 0.5) is 0 Å². The number of methoxy groups -OCH3 is 1. The SMILES string of the molecule is COc1cc2c(cc1CC(C)(C)C(=O)O)COC2=O. The largest absolute Gasteiger partial charge is 0.496 e. The number of esters is 1. The molecule has 0 fully saturated rings. The molecule has 1 aliphatic heterocycles. The number of carboxylic acids is 1. The van der Waals surface area contributed by atoms with Crippen molar-refractivity contribution in [2.75, 3.05) is 7.11 Å². The minimum absolute atomic E-state index is 0.235. The summed E-state index contributed by atoms with van der Waals surface area (Å²) in [6, 6.07) is 3.42. The number of carboxylic acid groups (broad SMARTS) is 1. The molecule has 102 valence electrons. The van der Waals surface area contributed by atoms with E-state index in [1.807, 2.05) is 0 Å². The highest BCUT2D eigenvalue weighted by Crippen LogP contribution is 2.33. The molecule has 0 aliphatic carbocycles. The zero-order valence-corrected chi connectivity index (χ0v) is 11.1. The van der Waals surface area contributed by atoms with Gasteiger partial charge in [0.1, 0.15) is 12.4 Å². The van der Waals surface area contributed by atoms with Gasteiger partial charge in [-0.2, -0.15) is 0 Å². The van der Waals surface area contributed by atoms with Gasteiger partial charge in [-0.05, 0) is 38.0 Å². The molecule has 0 bridgehead atoms. The summed E-state index contributed by atoms with van der Waals surface area (Å²) in [7, 11) is 1.50. The average molecular weight is 264 g/mol. The molecule has 1 heterocycles. The van der Waals surface area contributed by atoms with E-state index in [2.05, 4.69) is 0 Å². The second-order valence-corrected chi connectivity index (χ2v) is 5.26. The minimum Gasteiger partial charge on any atom is -0.496 e. The summed E-state index contributed by atoms with van der Waals surface area (Å²) in [5.74, 6) is -0.716. The predicted octanol–water partition coefficient (Wildman–Crippen LogP) is 2.02. The van der Waals surface area contributed by atoms with Gasteiger partial charge in [0.05, 0.1) is 18.1 Å². The van der Waals surface area contributed by atoms with E-state index in [1.165, 1.54) is 7.11 Å². The first-order valence-electron chi connectivity index (χ1n) is 5.95. The Bertz CT molecular complexity index is 545. The Morgan fingerprint density at radius 3 is 2.74 bits per heavy atom. The molecule has 1 aromatic rings. The molecule has 1 aromatic carbocycles. The highest BCUT2D eigenvalue weighted by atomic mass is 16.5. The van der Waals surface area contributed by atoms with Crippen molar-refractivity contribution < 1.29 is 24.2 Å². The second kappa shape index (κ2) is 4.57. The van der Waals surface area contributed by atoms with E-state index in [1.54, 1.807) is 26.0 Å². The number of carbonyl (C=O) groups excluding carboxylic acids is 1. The van der Waals surface area contributed by atoms with Crippen molar-refractivity contribution in [2.24, 2.45) is 5.41 Å². The highest BCUT2D eigenvalue weighted by molar-refractivity contribution is 5.94. The first-order valence-corrected chi connectivity index (χ1v) is 5.95. The molecule has 0 aromatic heterocycles. The summed E-state index contributed by atoms with van der Waals surface area (Å²) in [5, 5.41) is 9.18. The van der Waals surface area contributed by atoms with Crippen molar-refractivity contribution in [3.63, 3.8) is 0 Å². The van der Waals surface area contributed by atoms with E-state index in [-0.39, 0.29) is 12.6 Å². The standard InChI is InChI=1S/C14H16O5/c1-14(2,13(16)17)6-8-4-9-7-19-12(15)10(9)5-11(8)18-3/h4-5H,6-7H2,1-3H3,(H,16,17). The summed E-state index contributed by atoms with van der Waals surface area (Å²) >= 11 is 0. The maximum atomic E-state index is 11.5. The third-order valence-electron chi connectivity index (χ3n) is 3.30. The lowest BCUT2D eigenvalue weighted by molar-refractivity contribution is -0.146. The van der Waals surface area contributed by atoms with E-state index < -0.39 is 11.4 Å². The maximum absolute atomic E-state index is 11.5. The number of benzene rings is 1. The molecule has 0 atom stereocenters. The lowest BCUT2D eigenvalue weighted by Crippen LogP contribution is -2.26. The molecule has 5 heteroatoms. The Labute approximate surface area is 111 Å². The van der Waals surface area contributed by atoms with Crippen LogP contribution >= 0.6 is 0 Å². The normalized spacial score (nSPS) is 13.9. The van der Waals surface area contributed by atoms with Crippen molar-refractivity contribution in [3.8, 4) is 5.75 Å². The molecule has 0 saturated carbocycles. The van der Waals surface area contributed by atoms with Crippen molar-refractivity contribution >= 4 is 11.9 Å². The third-order valence-corrected chi connectivity index (χ3v) is 3.30. The fourth-order valence-corrected chi connectivity index (χ4v) is 2.09. The van der Waals surface area contributed by atoms with Crippen molar-refractivity contribution in [1.82, 2.24) is 0 Å². The molecule has 5 nitrogen and oxygen atoms in total. The molecule has 1 aliphatic rings. The van der Waals surface area contributed by atoms with Gasteiger partial charge in [-0.3, -0.25) is 4.79 Å². The first-order chi connectivity index (χ1) is 8.85.